The number of ether oxygens (including phenoxy) is 1. The van der Waals surface area contributed by atoms with Gasteiger partial charge in [-0.05, 0) is 44.9 Å². The van der Waals surface area contributed by atoms with E-state index < -0.39 is 0 Å². The summed E-state index contributed by atoms with van der Waals surface area (Å²) in [6.07, 6.45) is 7.01. The van der Waals surface area contributed by atoms with Gasteiger partial charge in [-0.3, -0.25) is 4.90 Å². The summed E-state index contributed by atoms with van der Waals surface area (Å²) in [4.78, 5) is 2.69. The van der Waals surface area contributed by atoms with Gasteiger partial charge in [-0.1, -0.05) is 26.7 Å². The fourth-order valence-electron chi connectivity index (χ4n) is 4.46. The second-order valence-corrected chi connectivity index (χ2v) is 7.67. The average molecular weight is 282 g/mol. The number of hydrogen-bond donors (Lipinski definition) is 1. The monoisotopic (exact) mass is 282 g/mol. The number of morpholine rings is 1. The van der Waals surface area contributed by atoms with Gasteiger partial charge in [0, 0.05) is 24.7 Å². The first-order chi connectivity index (χ1) is 9.47. The van der Waals surface area contributed by atoms with Gasteiger partial charge in [0.1, 0.15) is 0 Å². The summed E-state index contributed by atoms with van der Waals surface area (Å²) in [6, 6.07) is 0.507. The zero-order chi connectivity index (χ0) is 14.8. The molecule has 0 radical (unpaired) electrons. The van der Waals surface area contributed by atoms with Crippen molar-refractivity contribution in [2.45, 2.75) is 77.5 Å². The van der Waals surface area contributed by atoms with Gasteiger partial charge in [0.25, 0.3) is 0 Å². The summed E-state index contributed by atoms with van der Waals surface area (Å²) in [6.45, 7) is 11.9. The number of hydrogen-bond acceptors (Lipinski definition) is 3. The summed E-state index contributed by atoms with van der Waals surface area (Å²) in [7, 11) is 0. The molecule has 3 heteroatoms. The van der Waals surface area contributed by atoms with E-state index in [1.165, 1.54) is 32.1 Å². The van der Waals surface area contributed by atoms with E-state index in [-0.39, 0.29) is 5.54 Å². The van der Waals surface area contributed by atoms with Crippen LogP contribution in [-0.2, 0) is 4.74 Å². The minimum Gasteiger partial charge on any atom is -0.376 e. The highest BCUT2D eigenvalue weighted by Crippen LogP contribution is 2.40. The van der Waals surface area contributed by atoms with Gasteiger partial charge in [0.2, 0.25) is 0 Å². The van der Waals surface area contributed by atoms with Crippen LogP contribution in [0.4, 0.5) is 0 Å². The minimum atomic E-state index is 0.231. The van der Waals surface area contributed by atoms with E-state index >= 15 is 0 Å². The number of nitrogens with two attached hydrogens (primary N) is 1. The van der Waals surface area contributed by atoms with Crippen LogP contribution in [0.15, 0.2) is 0 Å². The van der Waals surface area contributed by atoms with Crippen LogP contribution in [0.25, 0.3) is 0 Å². The maximum Gasteiger partial charge on any atom is 0.0675 e. The molecule has 1 aliphatic carbocycles. The predicted octanol–water partition coefficient (Wildman–Crippen LogP) is 3.03. The second-order valence-electron chi connectivity index (χ2n) is 7.67. The van der Waals surface area contributed by atoms with Crippen molar-refractivity contribution in [2.24, 2.45) is 17.6 Å². The highest BCUT2D eigenvalue weighted by molar-refractivity contribution is 5.00. The first-order valence-electron chi connectivity index (χ1n) is 8.55. The molecule has 4 atom stereocenters. The van der Waals surface area contributed by atoms with Crippen molar-refractivity contribution in [3.05, 3.63) is 0 Å². The van der Waals surface area contributed by atoms with Crippen molar-refractivity contribution in [1.29, 1.82) is 0 Å². The van der Waals surface area contributed by atoms with Gasteiger partial charge in [0.15, 0.2) is 0 Å². The molecule has 0 bridgehead atoms. The fraction of sp³-hybridized carbons (Fsp3) is 1.00. The topological polar surface area (TPSA) is 38.5 Å². The third-order valence-corrected chi connectivity index (χ3v) is 5.32. The molecule has 20 heavy (non-hydrogen) atoms. The van der Waals surface area contributed by atoms with Crippen LogP contribution >= 0.6 is 0 Å². The van der Waals surface area contributed by atoms with E-state index in [2.05, 4.69) is 32.6 Å². The van der Waals surface area contributed by atoms with Gasteiger partial charge >= 0.3 is 0 Å². The molecule has 1 aliphatic heterocycles. The van der Waals surface area contributed by atoms with Crippen LogP contribution < -0.4 is 5.73 Å². The summed E-state index contributed by atoms with van der Waals surface area (Å²) in [5, 5.41) is 0. The first kappa shape index (κ1) is 16.3. The van der Waals surface area contributed by atoms with Gasteiger partial charge in [-0.15, -0.1) is 0 Å². The average Bonchev–Trinajstić information content (AvgIpc) is 2.41. The molecule has 0 spiro atoms. The molecule has 118 valence electrons. The summed E-state index contributed by atoms with van der Waals surface area (Å²) < 4.78 is 5.81. The lowest BCUT2D eigenvalue weighted by Crippen LogP contribution is -2.63. The smallest absolute Gasteiger partial charge is 0.0675 e. The largest absolute Gasteiger partial charge is 0.376 e. The Kier molecular flexibility index (Phi) is 5.49. The quantitative estimate of drug-likeness (QED) is 0.861. The molecule has 1 saturated heterocycles. The second kappa shape index (κ2) is 6.76. The molecule has 3 nitrogen and oxygen atoms in total. The summed E-state index contributed by atoms with van der Waals surface area (Å²) in [5.74, 6) is 1.66. The number of nitrogens with zero attached hydrogens (tertiary/aromatic N) is 1. The molecule has 0 aromatic carbocycles. The maximum atomic E-state index is 6.29. The van der Waals surface area contributed by atoms with Crippen LogP contribution in [0.1, 0.15) is 59.8 Å². The molecule has 2 fully saturated rings. The van der Waals surface area contributed by atoms with E-state index in [4.69, 9.17) is 10.5 Å². The molecule has 2 rings (SSSR count). The molecule has 0 amide bonds. The lowest BCUT2D eigenvalue weighted by molar-refractivity contribution is -0.107. The molecule has 1 heterocycles. The Labute approximate surface area is 125 Å². The highest BCUT2D eigenvalue weighted by atomic mass is 16.5. The Hall–Kier alpha value is -0.120. The Morgan fingerprint density at radius 1 is 1.35 bits per heavy atom. The standard InChI is InChI=1S/C17H34N2O/c1-13(2)8-16-6-5-7-17(9-16,12-18)19-10-15(4)20-11-14(19)3/h13-16H,5-12,18H2,1-4H3. The molecule has 2 N–H and O–H groups in total. The molecule has 2 aliphatic rings. The lowest BCUT2D eigenvalue weighted by atomic mass is 9.71. The van der Waals surface area contributed by atoms with Crippen LogP contribution in [0.3, 0.4) is 0 Å². The predicted molar refractivity (Wildman–Crippen MR) is 84.8 cm³/mol. The zero-order valence-electron chi connectivity index (χ0n) is 13.9. The molecular weight excluding hydrogens is 248 g/mol. The van der Waals surface area contributed by atoms with E-state index in [0.717, 1.165) is 31.5 Å². The van der Waals surface area contributed by atoms with Crippen LogP contribution in [0.5, 0.6) is 0 Å². The molecule has 4 unspecified atom stereocenters. The Morgan fingerprint density at radius 3 is 2.75 bits per heavy atom. The van der Waals surface area contributed by atoms with Crippen LogP contribution in [0.2, 0.25) is 0 Å². The highest BCUT2D eigenvalue weighted by Gasteiger charge is 2.43. The normalized spacial score (nSPS) is 40.2. The summed E-state index contributed by atoms with van der Waals surface area (Å²) >= 11 is 0. The molecule has 1 saturated carbocycles. The molecule has 0 aromatic rings. The van der Waals surface area contributed by atoms with E-state index in [0.29, 0.717) is 12.1 Å². The van der Waals surface area contributed by atoms with Crippen molar-refractivity contribution in [3.8, 4) is 0 Å². The lowest BCUT2D eigenvalue weighted by Gasteiger charge is -2.53. The molecular formula is C17H34N2O. The van der Waals surface area contributed by atoms with Gasteiger partial charge < -0.3 is 10.5 Å². The van der Waals surface area contributed by atoms with Crippen LogP contribution in [-0.4, -0.2) is 42.3 Å². The maximum absolute atomic E-state index is 6.29. The summed E-state index contributed by atoms with van der Waals surface area (Å²) in [5.41, 5.74) is 6.52. The first-order valence-corrected chi connectivity index (χ1v) is 8.55. The minimum absolute atomic E-state index is 0.231. The number of rotatable bonds is 4. The van der Waals surface area contributed by atoms with Crippen molar-refractivity contribution in [2.75, 3.05) is 19.7 Å². The van der Waals surface area contributed by atoms with Gasteiger partial charge in [-0.25, -0.2) is 0 Å². The molecule has 0 aromatic heterocycles. The third kappa shape index (κ3) is 3.55. The van der Waals surface area contributed by atoms with Crippen LogP contribution in [0, 0.1) is 11.8 Å². The fourth-order valence-corrected chi connectivity index (χ4v) is 4.46. The van der Waals surface area contributed by atoms with Crippen molar-refractivity contribution in [1.82, 2.24) is 4.90 Å². The SMILES string of the molecule is CC(C)CC1CCCC(CN)(N2CC(C)OCC2C)C1. The van der Waals surface area contributed by atoms with Crippen molar-refractivity contribution >= 4 is 0 Å². The van der Waals surface area contributed by atoms with E-state index in [1.807, 2.05) is 0 Å². The van der Waals surface area contributed by atoms with Crippen molar-refractivity contribution in [3.63, 3.8) is 0 Å². The third-order valence-electron chi connectivity index (χ3n) is 5.32. The van der Waals surface area contributed by atoms with Gasteiger partial charge in [0.05, 0.1) is 12.7 Å². The Bertz CT molecular complexity index is 307. The van der Waals surface area contributed by atoms with E-state index in [9.17, 15) is 0 Å². The van der Waals surface area contributed by atoms with Crippen molar-refractivity contribution < 1.29 is 4.74 Å². The Balaban J connectivity index is 2.10. The van der Waals surface area contributed by atoms with E-state index in [1.54, 1.807) is 0 Å². The Morgan fingerprint density at radius 2 is 2.10 bits per heavy atom. The zero-order valence-corrected chi connectivity index (χ0v) is 13.9. The van der Waals surface area contributed by atoms with Gasteiger partial charge in [-0.2, -0.15) is 0 Å².